The summed E-state index contributed by atoms with van der Waals surface area (Å²) in [6, 6.07) is 2.24. The molecule has 2 saturated carbocycles. The molecule has 2 aromatic rings. The van der Waals surface area contributed by atoms with Gasteiger partial charge in [0.05, 0.1) is 5.69 Å². The van der Waals surface area contributed by atoms with Crippen molar-refractivity contribution in [2.75, 3.05) is 6.61 Å². The summed E-state index contributed by atoms with van der Waals surface area (Å²) in [5.74, 6) is 0.588. The molecule has 0 bridgehead atoms. The van der Waals surface area contributed by atoms with Gasteiger partial charge in [0.1, 0.15) is 18.5 Å². The van der Waals surface area contributed by atoms with Crippen molar-refractivity contribution >= 4 is 25.5 Å². The lowest BCUT2D eigenvalue weighted by molar-refractivity contribution is -0.123. The molecule has 9 nitrogen and oxygen atoms in total. The average Bonchev–Trinajstić information content (AvgIpc) is 3.89. The predicted octanol–water partition coefficient (Wildman–Crippen LogP) is 6.41. The molecule has 10 heteroatoms. The van der Waals surface area contributed by atoms with Gasteiger partial charge in [0.25, 0.3) is 5.91 Å². The highest BCUT2D eigenvalue weighted by atomic mass is 28.3. The SMILES string of the molecule is C=C/C(=C\C=C(/C)c1c(C)nn(COCC[Si](C)(C)C)c1C)NC(=O)[C@@H](NC(=O)c1ccnn1C(C)C)C(C1CC1)C1CC1. The number of allylic oxidation sites excluding steroid dienone is 4. The van der Waals surface area contributed by atoms with Crippen molar-refractivity contribution in [3.63, 3.8) is 0 Å². The summed E-state index contributed by atoms with van der Waals surface area (Å²) in [5, 5.41) is 15.2. The molecule has 2 amide bonds. The Bertz CT molecular complexity index is 1390. The zero-order valence-corrected chi connectivity index (χ0v) is 28.9. The molecule has 1 atom stereocenters. The second-order valence-corrected chi connectivity index (χ2v) is 19.6. The van der Waals surface area contributed by atoms with Gasteiger partial charge in [-0.15, -0.1) is 0 Å². The Morgan fingerprint density at radius 1 is 1.14 bits per heavy atom. The molecule has 0 saturated heterocycles. The molecule has 2 heterocycles. The molecule has 2 aliphatic rings. The highest BCUT2D eigenvalue weighted by Crippen LogP contribution is 2.50. The number of aryl methyl sites for hydroxylation is 1. The van der Waals surface area contributed by atoms with E-state index in [2.05, 4.69) is 48.9 Å². The summed E-state index contributed by atoms with van der Waals surface area (Å²) in [6.07, 6.45) is 11.5. The Morgan fingerprint density at radius 3 is 2.36 bits per heavy atom. The van der Waals surface area contributed by atoms with Crippen LogP contribution in [0.4, 0.5) is 0 Å². The van der Waals surface area contributed by atoms with Crippen molar-refractivity contribution in [1.29, 1.82) is 0 Å². The molecule has 240 valence electrons. The van der Waals surface area contributed by atoms with Crippen LogP contribution in [-0.4, -0.2) is 52.1 Å². The van der Waals surface area contributed by atoms with E-state index in [1.807, 2.05) is 44.5 Å². The van der Waals surface area contributed by atoms with Gasteiger partial charge < -0.3 is 15.4 Å². The van der Waals surface area contributed by atoms with Crippen LogP contribution < -0.4 is 10.6 Å². The number of aromatic nitrogens is 4. The molecule has 2 aliphatic carbocycles. The van der Waals surface area contributed by atoms with Crippen molar-refractivity contribution in [3.8, 4) is 0 Å². The quantitative estimate of drug-likeness (QED) is 0.128. The van der Waals surface area contributed by atoms with Crippen molar-refractivity contribution in [2.24, 2.45) is 17.8 Å². The van der Waals surface area contributed by atoms with Crippen LogP contribution in [0.15, 0.2) is 42.8 Å². The topological polar surface area (TPSA) is 103 Å². The van der Waals surface area contributed by atoms with E-state index >= 15 is 0 Å². The van der Waals surface area contributed by atoms with Gasteiger partial charge in [0, 0.05) is 43.9 Å². The number of hydrogen-bond donors (Lipinski definition) is 2. The molecule has 0 radical (unpaired) electrons. The summed E-state index contributed by atoms with van der Waals surface area (Å²) in [5.41, 5.74) is 5.13. The van der Waals surface area contributed by atoms with Crippen LogP contribution in [0.2, 0.25) is 25.7 Å². The Hall–Kier alpha value is -3.24. The number of nitrogens with one attached hydrogen (secondary N) is 2. The van der Waals surface area contributed by atoms with Crippen molar-refractivity contribution in [3.05, 3.63) is 65.4 Å². The number of carbonyl (C=O) groups excluding carboxylic acids is 2. The number of hydrogen-bond acceptors (Lipinski definition) is 5. The highest BCUT2D eigenvalue weighted by molar-refractivity contribution is 6.76. The molecule has 2 N–H and O–H groups in total. The van der Waals surface area contributed by atoms with Gasteiger partial charge in [-0.1, -0.05) is 32.3 Å². The maximum absolute atomic E-state index is 13.9. The maximum Gasteiger partial charge on any atom is 0.270 e. The van der Waals surface area contributed by atoms with Crippen LogP contribution in [-0.2, 0) is 16.3 Å². The van der Waals surface area contributed by atoms with Gasteiger partial charge in [-0.25, -0.2) is 4.68 Å². The lowest BCUT2D eigenvalue weighted by atomic mass is 9.88. The smallest absolute Gasteiger partial charge is 0.270 e. The van der Waals surface area contributed by atoms with E-state index in [4.69, 9.17) is 9.84 Å². The first kappa shape index (κ1) is 33.6. The largest absolute Gasteiger partial charge is 0.360 e. The van der Waals surface area contributed by atoms with Crippen LogP contribution >= 0.6 is 0 Å². The first-order chi connectivity index (χ1) is 20.8. The highest BCUT2D eigenvalue weighted by Gasteiger charge is 2.48. The van der Waals surface area contributed by atoms with Gasteiger partial charge in [-0.05, 0) is 108 Å². The molecular weight excluding hydrogens is 568 g/mol. The van der Waals surface area contributed by atoms with E-state index in [1.54, 1.807) is 23.0 Å². The van der Waals surface area contributed by atoms with E-state index < -0.39 is 14.1 Å². The van der Waals surface area contributed by atoms with Crippen LogP contribution in [0.5, 0.6) is 0 Å². The summed E-state index contributed by atoms with van der Waals surface area (Å²) in [6.45, 7) is 22.2. The normalized spacial score (nSPS) is 16.9. The molecule has 0 spiro atoms. The Balaban J connectivity index is 1.49. The predicted molar refractivity (Wildman–Crippen MR) is 179 cm³/mol. The van der Waals surface area contributed by atoms with Gasteiger partial charge in [-0.2, -0.15) is 10.2 Å². The molecule has 2 fully saturated rings. The van der Waals surface area contributed by atoms with Gasteiger partial charge in [0.15, 0.2) is 0 Å². The van der Waals surface area contributed by atoms with E-state index in [0.717, 1.165) is 60.9 Å². The fourth-order valence-corrected chi connectivity index (χ4v) is 6.71. The van der Waals surface area contributed by atoms with Crippen LogP contribution in [0.1, 0.15) is 79.9 Å². The third kappa shape index (κ3) is 8.69. The van der Waals surface area contributed by atoms with Crippen molar-refractivity contribution < 1.29 is 14.3 Å². The zero-order valence-electron chi connectivity index (χ0n) is 27.9. The summed E-state index contributed by atoms with van der Waals surface area (Å²) in [7, 11) is -1.15. The molecule has 4 rings (SSSR count). The van der Waals surface area contributed by atoms with E-state index in [9.17, 15) is 9.59 Å². The van der Waals surface area contributed by atoms with E-state index in [-0.39, 0.29) is 23.8 Å². The monoisotopic (exact) mass is 620 g/mol. The first-order valence-electron chi connectivity index (χ1n) is 16.1. The number of amides is 2. The number of rotatable bonds is 16. The fourth-order valence-electron chi connectivity index (χ4n) is 5.95. The lowest BCUT2D eigenvalue weighted by Gasteiger charge is -2.28. The van der Waals surface area contributed by atoms with Gasteiger partial charge >= 0.3 is 0 Å². The van der Waals surface area contributed by atoms with Gasteiger partial charge in [0.2, 0.25) is 5.91 Å². The van der Waals surface area contributed by atoms with Crippen LogP contribution in [0, 0.1) is 31.6 Å². The minimum absolute atomic E-state index is 0.0351. The van der Waals surface area contributed by atoms with E-state index in [0.29, 0.717) is 30.0 Å². The molecule has 0 unspecified atom stereocenters. The third-order valence-electron chi connectivity index (χ3n) is 8.66. The molecule has 44 heavy (non-hydrogen) atoms. The zero-order chi connectivity index (χ0) is 32.2. The fraction of sp³-hybridized carbons (Fsp3) is 0.588. The third-order valence-corrected chi connectivity index (χ3v) is 10.4. The molecule has 0 aliphatic heterocycles. The Morgan fingerprint density at radius 2 is 1.80 bits per heavy atom. The second kappa shape index (κ2) is 14.2. The Kier molecular flexibility index (Phi) is 10.9. The number of carbonyl (C=O) groups is 2. The minimum atomic E-state index is -1.15. The Labute approximate surface area is 264 Å². The number of ether oxygens (including phenoxy) is 1. The lowest BCUT2D eigenvalue weighted by Crippen LogP contribution is -2.52. The first-order valence-corrected chi connectivity index (χ1v) is 19.8. The summed E-state index contributed by atoms with van der Waals surface area (Å²) >= 11 is 0. The van der Waals surface area contributed by atoms with Crippen LogP contribution in [0.3, 0.4) is 0 Å². The average molecular weight is 621 g/mol. The maximum atomic E-state index is 13.9. The van der Waals surface area contributed by atoms with Gasteiger partial charge in [-0.3, -0.25) is 14.3 Å². The van der Waals surface area contributed by atoms with Crippen molar-refractivity contribution in [2.45, 2.75) is 105 Å². The number of nitrogens with zero attached hydrogens (tertiary/aromatic N) is 4. The summed E-state index contributed by atoms with van der Waals surface area (Å²) in [4.78, 5) is 27.3. The second-order valence-electron chi connectivity index (χ2n) is 14.0. The minimum Gasteiger partial charge on any atom is -0.360 e. The standard InChI is InChI=1S/C34H52N6O3Si/c1-10-28(16-11-23(4)30-24(5)38-39(25(30)6)21-43-19-20-44(7,8)9)36-34(42)32(31(26-12-13-26)27-14-15-27)37-33(41)29-17-18-35-40(29)22(2)3/h10-11,16-18,22,26-27,31-32H,1,12-15,19-21H2,2-9H3,(H,36,42)(H,37,41)/b23-11+,28-16+/t32-/m0/s1. The van der Waals surface area contributed by atoms with Crippen molar-refractivity contribution in [1.82, 2.24) is 30.2 Å². The molecule has 0 aromatic carbocycles. The molecular formula is C34H52N6O3Si. The summed E-state index contributed by atoms with van der Waals surface area (Å²) < 4.78 is 9.56. The van der Waals surface area contributed by atoms with Crippen LogP contribution in [0.25, 0.3) is 5.57 Å². The van der Waals surface area contributed by atoms with E-state index in [1.165, 1.54) is 0 Å². The molecule has 2 aromatic heterocycles.